The molecule has 0 aromatic carbocycles. The van der Waals surface area contributed by atoms with Gasteiger partial charge in [0.05, 0.1) is 18.3 Å². The molecule has 0 heterocycles. The zero-order valence-electron chi connectivity index (χ0n) is 23.0. The lowest BCUT2D eigenvalue weighted by atomic mass is 9.42. The summed E-state index contributed by atoms with van der Waals surface area (Å²) >= 11 is 0. The van der Waals surface area contributed by atoms with E-state index in [-0.39, 0.29) is 35.6 Å². The van der Waals surface area contributed by atoms with Gasteiger partial charge in [-0.25, -0.2) is 0 Å². The molecule has 0 saturated heterocycles. The topological polar surface area (TPSA) is 107 Å². The Balaban J connectivity index is 1.81. The van der Waals surface area contributed by atoms with Crippen molar-refractivity contribution in [2.24, 2.45) is 39.4 Å². The Labute approximate surface area is 211 Å². The lowest BCUT2D eigenvalue weighted by Gasteiger charge is -2.64. The van der Waals surface area contributed by atoms with E-state index in [4.69, 9.17) is 4.74 Å². The fraction of sp³-hybridized carbons (Fsp3) is 0.897. The highest BCUT2D eigenvalue weighted by Crippen LogP contribution is 2.72. The predicted octanol–water partition coefficient (Wildman–Crippen LogP) is 3.99. The molecule has 200 valence electrons. The summed E-state index contributed by atoms with van der Waals surface area (Å²) in [6, 6.07) is 0. The number of hydrogen-bond acceptors (Lipinski definition) is 6. The molecule has 10 atom stereocenters. The van der Waals surface area contributed by atoms with Crippen molar-refractivity contribution in [1.82, 2.24) is 0 Å². The molecule has 2 fully saturated rings. The second kappa shape index (κ2) is 8.54. The fourth-order valence-corrected chi connectivity index (χ4v) is 9.21. The van der Waals surface area contributed by atoms with Gasteiger partial charge in [0.1, 0.15) is 6.10 Å². The average molecular weight is 493 g/mol. The zero-order chi connectivity index (χ0) is 26.3. The van der Waals surface area contributed by atoms with Crippen LogP contribution in [0, 0.1) is 39.4 Å². The minimum Gasteiger partial charge on any atom is -0.457 e. The standard InChI is InChI=1S/C29H48O6/c1-15(2)13-22(32)35-23-24(33)26(4,5)20-10-9-18-17(28(20,7)25(23)34)11-12-27(6)19(16(3)30)14-21(31)29(18,27)8/h15-16,19-21,23-25,30-31,33-34H,9-14H2,1-8H3/t16-,19+,20-,21+,23-,24-,25+,27+,28+,29+/m0/s1. The van der Waals surface area contributed by atoms with Crippen LogP contribution in [0.25, 0.3) is 0 Å². The Morgan fingerprint density at radius 2 is 1.63 bits per heavy atom. The van der Waals surface area contributed by atoms with E-state index in [0.29, 0.717) is 6.42 Å². The Kier molecular flexibility index (Phi) is 6.61. The molecule has 4 rings (SSSR count). The molecule has 2 saturated carbocycles. The molecule has 6 heteroatoms. The van der Waals surface area contributed by atoms with Crippen LogP contribution in [0.2, 0.25) is 0 Å². The molecule has 0 aromatic rings. The molecule has 4 aliphatic carbocycles. The van der Waals surface area contributed by atoms with Crippen molar-refractivity contribution in [2.45, 2.75) is 124 Å². The van der Waals surface area contributed by atoms with Crippen LogP contribution in [0.1, 0.15) is 93.9 Å². The number of hydrogen-bond donors (Lipinski definition) is 4. The predicted molar refractivity (Wildman–Crippen MR) is 134 cm³/mol. The molecule has 0 bridgehead atoms. The van der Waals surface area contributed by atoms with Crippen LogP contribution < -0.4 is 0 Å². The molecule has 0 aliphatic heterocycles. The maximum Gasteiger partial charge on any atom is 0.306 e. The number of rotatable bonds is 4. The Morgan fingerprint density at radius 1 is 1.00 bits per heavy atom. The van der Waals surface area contributed by atoms with Gasteiger partial charge in [0, 0.05) is 17.3 Å². The van der Waals surface area contributed by atoms with Crippen molar-refractivity contribution < 1.29 is 30.0 Å². The van der Waals surface area contributed by atoms with Gasteiger partial charge in [0.25, 0.3) is 0 Å². The highest BCUT2D eigenvalue weighted by Gasteiger charge is 2.69. The van der Waals surface area contributed by atoms with Gasteiger partial charge in [-0.05, 0) is 67.6 Å². The van der Waals surface area contributed by atoms with Crippen LogP contribution in [0.3, 0.4) is 0 Å². The highest BCUT2D eigenvalue weighted by molar-refractivity contribution is 5.70. The SMILES string of the molecule is CC(C)CC(=O)O[C@@H]1[C@@H](O)[C@]2(C)C3=C(CC[C@H]2C(C)(C)[C@H]1O)[C@]1(C)[C@H](O)C[C@H]([C@H](C)O)[C@@]1(C)CC3. The minimum atomic E-state index is -1.03. The Morgan fingerprint density at radius 3 is 2.20 bits per heavy atom. The molecule has 4 aliphatic rings. The number of ether oxygens (including phenoxy) is 1. The van der Waals surface area contributed by atoms with E-state index in [2.05, 4.69) is 20.8 Å². The molecule has 0 amide bonds. The third kappa shape index (κ3) is 3.53. The normalized spacial score (nSPS) is 47.7. The van der Waals surface area contributed by atoms with Gasteiger partial charge in [-0.1, -0.05) is 59.6 Å². The van der Waals surface area contributed by atoms with Crippen LogP contribution in [-0.2, 0) is 9.53 Å². The van der Waals surface area contributed by atoms with Crippen molar-refractivity contribution in [3.8, 4) is 0 Å². The maximum atomic E-state index is 12.6. The Hall–Kier alpha value is -0.950. The van der Waals surface area contributed by atoms with Crippen LogP contribution in [0.4, 0.5) is 0 Å². The van der Waals surface area contributed by atoms with E-state index in [1.54, 1.807) is 0 Å². The van der Waals surface area contributed by atoms with Gasteiger partial charge >= 0.3 is 5.97 Å². The molecule has 4 N–H and O–H groups in total. The third-order valence-corrected chi connectivity index (χ3v) is 11.4. The van der Waals surface area contributed by atoms with Gasteiger partial charge in [0.15, 0.2) is 6.10 Å². The van der Waals surface area contributed by atoms with E-state index in [1.807, 2.05) is 34.6 Å². The van der Waals surface area contributed by atoms with E-state index in [0.717, 1.165) is 25.7 Å². The molecular formula is C29H48O6. The zero-order valence-corrected chi connectivity index (χ0v) is 23.0. The second-order valence-corrected chi connectivity index (χ2v) is 13.8. The van der Waals surface area contributed by atoms with Crippen molar-refractivity contribution in [3.05, 3.63) is 11.1 Å². The molecule has 0 aromatic heterocycles. The van der Waals surface area contributed by atoms with E-state index in [1.165, 1.54) is 11.1 Å². The first-order valence-corrected chi connectivity index (χ1v) is 13.7. The van der Waals surface area contributed by atoms with Crippen LogP contribution in [0.5, 0.6) is 0 Å². The summed E-state index contributed by atoms with van der Waals surface area (Å²) in [7, 11) is 0. The number of esters is 1. The summed E-state index contributed by atoms with van der Waals surface area (Å²) in [6.45, 7) is 16.3. The summed E-state index contributed by atoms with van der Waals surface area (Å²) in [5, 5.41) is 45.3. The first-order chi connectivity index (χ1) is 16.0. The largest absolute Gasteiger partial charge is 0.457 e. The first-order valence-electron chi connectivity index (χ1n) is 13.7. The monoisotopic (exact) mass is 492 g/mol. The summed E-state index contributed by atoms with van der Waals surface area (Å²) in [5.74, 6) is -0.234. The van der Waals surface area contributed by atoms with Crippen LogP contribution in [0.15, 0.2) is 11.1 Å². The first kappa shape index (κ1) is 27.1. The molecule has 0 radical (unpaired) electrons. The van der Waals surface area contributed by atoms with Crippen molar-refractivity contribution in [2.75, 3.05) is 0 Å². The van der Waals surface area contributed by atoms with Crippen LogP contribution in [-0.4, -0.2) is 56.9 Å². The van der Waals surface area contributed by atoms with Gasteiger partial charge in [0.2, 0.25) is 0 Å². The number of aliphatic hydroxyl groups excluding tert-OH is 4. The van der Waals surface area contributed by atoms with Gasteiger partial charge < -0.3 is 25.2 Å². The molecule has 0 unspecified atom stereocenters. The summed E-state index contributed by atoms with van der Waals surface area (Å²) in [5.41, 5.74) is 0.440. The van der Waals surface area contributed by atoms with Crippen molar-refractivity contribution >= 4 is 5.97 Å². The highest BCUT2D eigenvalue weighted by atomic mass is 16.6. The fourth-order valence-electron chi connectivity index (χ4n) is 9.21. The molecule has 35 heavy (non-hydrogen) atoms. The van der Waals surface area contributed by atoms with Crippen molar-refractivity contribution in [3.63, 3.8) is 0 Å². The third-order valence-electron chi connectivity index (χ3n) is 11.4. The van der Waals surface area contributed by atoms with Gasteiger partial charge in [-0.2, -0.15) is 0 Å². The van der Waals surface area contributed by atoms with Crippen LogP contribution >= 0.6 is 0 Å². The average Bonchev–Trinajstić information content (AvgIpc) is 2.96. The van der Waals surface area contributed by atoms with E-state index >= 15 is 0 Å². The van der Waals surface area contributed by atoms with Gasteiger partial charge in [-0.15, -0.1) is 0 Å². The number of fused-ring (bicyclic) bond motifs is 4. The maximum absolute atomic E-state index is 12.6. The lowest BCUT2D eigenvalue weighted by molar-refractivity contribution is -0.231. The van der Waals surface area contributed by atoms with Gasteiger partial charge in [-0.3, -0.25) is 4.79 Å². The summed E-state index contributed by atoms with van der Waals surface area (Å²) in [6.07, 6.45) is -0.0218. The number of aliphatic hydroxyl groups is 4. The quantitative estimate of drug-likeness (QED) is 0.349. The summed E-state index contributed by atoms with van der Waals surface area (Å²) < 4.78 is 5.81. The summed E-state index contributed by atoms with van der Waals surface area (Å²) in [4.78, 5) is 12.6. The van der Waals surface area contributed by atoms with Crippen molar-refractivity contribution in [1.29, 1.82) is 0 Å². The molecule has 0 spiro atoms. The Bertz CT molecular complexity index is 892. The lowest BCUT2D eigenvalue weighted by Crippen LogP contribution is -2.67. The minimum absolute atomic E-state index is 0.0119. The van der Waals surface area contributed by atoms with E-state index in [9.17, 15) is 25.2 Å². The molecular weight excluding hydrogens is 444 g/mol. The molecule has 6 nitrogen and oxygen atoms in total. The van der Waals surface area contributed by atoms with E-state index < -0.39 is 46.8 Å². The second-order valence-electron chi connectivity index (χ2n) is 13.8. The number of carbonyl (C=O) groups is 1. The smallest absolute Gasteiger partial charge is 0.306 e. The number of carbonyl (C=O) groups excluding carboxylic acids is 1.